The molecule has 2 N–H and O–H groups in total. The maximum Gasteiger partial charge on any atom is 0.313 e. The fourth-order valence-electron chi connectivity index (χ4n) is 2.23. The Bertz CT molecular complexity index is 686. The van der Waals surface area contributed by atoms with Gasteiger partial charge in [-0.05, 0) is 31.9 Å². The van der Waals surface area contributed by atoms with Gasteiger partial charge in [0.2, 0.25) is 0 Å². The second-order valence-corrected chi connectivity index (χ2v) is 5.84. The molecule has 2 amide bonds. The topological polar surface area (TPSA) is 89.2 Å². The SMILES string of the molecule is Cc1nn(CC(C)C)c(C)c1NC(=O)C(=O)NCc1ccco1. The van der Waals surface area contributed by atoms with Crippen molar-refractivity contribution in [3.8, 4) is 0 Å². The molecule has 0 bridgehead atoms. The third-order valence-electron chi connectivity index (χ3n) is 3.37. The third-order valence-corrected chi connectivity index (χ3v) is 3.37. The van der Waals surface area contributed by atoms with Crippen LogP contribution in [0, 0.1) is 19.8 Å². The summed E-state index contributed by atoms with van der Waals surface area (Å²) in [5, 5.41) is 9.55. The lowest BCUT2D eigenvalue weighted by Crippen LogP contribution is -2.35. The van der Waals surface area contributed by atoms with Gasteiger partial charge in [0.05, 0.1) is 29.9 Å². The predicted octanol–water partition coefficient (Wildman–Crippen LogP) is 2.00. The van der Waals surface area contributed by atoms with Gasteiger partial charge in [-0.15, -0.1) is 0 Å². The number of nitrogens with zero attached hydrogens (tertiary/aromatic N) is 2. The maximum absolute atomic E-state index is 12.0. The first-order valence-corrected chi connectivity index (χ1v) is 7.54. The van der Waals surface area contributed by atoms with Crippen LogP contribution in [-0.2, 0) is 22.7 Å². The van der Waals surface area contributed by atoms with Crippen molar-refractivity contribution >= 4 is 17.5 Å². The smallest absolute Gasteiger partial charge is 0.313 e. The number of carbonyl (C=O) groups excluding carboxylic acids is 2. The molecule has 124 valence electrons. The first kappa shape index (κ1) is 16.8. The van der Waals surface area contributed by atoms with E-state index in [-0.39, 0.29) is 6.54 Å². The molecule has 7 nitrogen and oxygen atoms in total. The summed E-state index contributed by atoms with van der Waals surface area (Å²) in [6, 6.07) is 3.44. The zero-order valence-corrected chi connectivity index (χ0v) is 13.8. The van der Waals surface area contributed by atoms with Crippen LogP contribution in [0.4, 0.5) is 5.69 Å². The molecule has 0 aliphatic rings. The van der Waals surface area contributed by atoms with Crippen LogP contribution >= 0.6 is 0 Å². The van der Waals surface area contributed by atoms with E-state index in [1.165, 1.54) is 6.26 Å². The Morgan fingerprint density at radius 1 is 1.30 bits per heavy atom. The lowest BCUT2D eigenvalue weighted by molar-refractivity contribution is -0.136. The molecular formula is C16H22N4O3. The summed E-state index contributed by atoms with van der Waals surface area (Å²) < 4.78 is 6.94. The first-order chi connectivity index (χ1) is 10.9. The Kier molecular flexibility index (Phi) is 5.20. The van der Waals surface area contributed by atoms with Gasteiger partial charge in [-0.1, -0.05) is 13.8 Å². The van der Waals surface area contributed by atoms with Gasteiger partial charge in [-0.25, -0.2) is 0 Å². The van der Waals surface area contributed by atoms with E-state index in [1.54, 1.807) is 19.1 Å². The molecule has 0 atom stereocenters. The van der Waals surface area contributed by atoms with Gasteiger partial charge in [-0.3, -0.25) is 14.3 Å². The molecule has 0 aromatic carbocycles. The molecule has 23 heavy (non-hydrogen) atoms. The van der Waals surface area contributed by atoms with E-state index in [9.17, 15) is 9.59 Å². The lowest BCUT2D eigenvalue weighted by atomic mass is 10.2. The number of aromatic nitrogens is 2. The van der Waals surface area contributed by atoms with Crippen LogP contribution in [0.25, 0.3) is 0 Å². The minimum absolute atomic E-state index is 0.170. The molecule has 2 rings (SSSR count). The van der Waals surface area contributed by atoms with E-state index < -0.39 is 11.8 Å². The number of amides is 2. The van der Waals surface area contributed by atoms with Crippen molar-refractivity contribution in [2.75, 3.05) is 5.32 Å². The highest BCUT2D eigenvalue weighted by atomic mass is 16.3. The molecule has 0 radical (unpaired) electrons. The summed E-state index contributed by atoms with van der Waals surface area (Å²) in [7, 11) is 0. The Balaban J connectivity index is 1.99. The van der Waals surface area contributed by atoms with Crippen LogP contribution < -0.4 is 10.6 Å². The van der Waals surface area contributed by atoms with Gasteiger partial charge in [-0.2, -0.15) is 5.10 Å². The maximum atomic E-state index is 12.0. The van der Waals surface area contributed by atoms with E-state index in [2.05, 4.69) is 29.6 Å². The van der Waals surface area contributed by atoms with Gasteiger partial charge < -0.3 is 15.1 Å². The van der Waals surface area contributed by atoms with Crippen LogP contribution in [0.2, 0.25) is 0 Å². The number of carbonyl (C=O) groups is 2. The van der Waals surface area contributed by atoms with E-state index in [0.717, 1.165) is 12.2 Å². The zero-order chi connectivity index (χ0) is 17.0. The number of nitrogens with one attached hydrogen (secondary N) is 2. The molecule has 0 unspecified atom stereocenters. The highest BCUT2D eigenvalue weighted by molar-refractivity contribution is 6.39. The number of hydrogen-bond donors (Lipinski definition) is 2. The van der Waals surface area contributed by atoms with Crippen molar-refractivity contribution in [3.05, 3.63) is 35.5 Å². The Labute approximate surface area is 135 Å². The Morgan fingerprint density at radius 2 is 2.04 bits per heavy atom. The van der Waals surface area contributed by atoms with Crippen LogP contribution in [0.3, 0.4) is 0 Å². The predicted molar refractivity (Wildman–Crippen MR) is 85.7 cm³/mol. The van der Waals surface area contributed by atoms with Gasteiger partial charge in [0, 0.05) is 6.54 Å². The van der Waals surface area contributed by atoms with E-state index in [1.807, 2.05) is 11.6 Å². The average molecular weight is 318 g/mol. The fraction of sp³-hybridized carbons (Fsp3) is 0.438. The van der Waals surface area contributed by atoms with Gasteiger partial charge in [0.25, 0.3) is 0 Å². The minimum atomic E-state index is -0.716. The van der Waals surface area contributed by atoms with Gasteiger partial charge in [0.1, 0.15) is 5.76 Å². The summed E-state index contributed by atoms with van der Waals surface area (Å²) in [6.07, 6.45) is 1.51. The quantitative estimate of drug-likeness (QED) is 0.825. The van der Waals surface area contributed by atoms with Crippen molar-refractivity contribution < 1.29 is 14.0 Å². The number of anilines is 1. The largest absolute Gasteiger partial charge is 0.467 e. The van der Waals surface area contributed by atoms with Crippen LogP contribution in [-0.4, -0.2) is 21.6 Å². The second-order valence-electron chi connectivity index (χ2n) is 5.84. The molecule has 0 fully saturated rings. The summed E-state index contributed by atoms with van der Waals surface area (Å²) in [6.45, 7) is 8.80. The normalized spacial score (nSPS) is 10.8. The van der Waals surface area contributed by atoms with Crippen molar-refractivity contribution in [1.82, 2.24) is 15.1 Å². The number of hydrogen-bond acceptors (Lipinski definition) is 4. The number of furan rings is 1. The monoisotopic (exact) mass is 318 g/mol. The fourth-order valence-corrected chi connectivity index (χ4v) is 2.23. The van der Waals surface area contributed by atoms with Crippen molar-refractivity contribution in [3.63, 3.8) is 0 Å². The molecule has 0 aliphatic heterocycles. The molecule has 0 saturated heterocycles. The average Bonchev–Trinajstić information content (AvgIpc) is 3.08. The summed E-state index contributed by atoms with van der Waals surface area (Å²) in [4.78, 5) is 23.9. The number of aryl methyl sites for hydroxylation is 1. The Hall–Kier alpha value is -2.57. The second kappa shape index (κ2) is 7.13. The molecule has 0 spiro atoms. The van der Waals surface area contributed by atoms with Gasteiger partial charge >= 0.3 is 11.8 Å². The molecule has 2 aromatic heterocycles. The molecule has 7 heteroatoms. The zero-order valence-electron chi connectivity index (χ0n) is 13.8. The van der Waals surface area contributed by atoms with Crippen LogP contribution in [0.5, 0.6) is 0 Å². The summed E-state index contributed by atoms with van der Waals surface area (Å²) >= 11 is 0. The Morgan fingerprint density at radius 3 is 2.65 bits per heavy atom. The van der Waals surface area contributed by atoms with Crippen molar-refractivity contribution in [2.24, 2.45) is 5.92 Å². The summed E-state index contributed by atoms with van der Waals surface area (Å²) in [5.41, 5.74) is 2.11. The molecule has 2 heterocycles. The molecule has 0 aliphatic carbocycles. The van der Waals surface area contributed by atoms with Gasteiger partial charge in [0.15, 0.2) is 0 Å². The molecule has 2 aromatic rings. The third kappa shape index (κ3) is 4.21. The van der Waals surface area contributed by atoms with E-state index >= 15 is 0 Å². The molecule has 0 saturated carbocycles. The van der Waals surface area contributed by atoms with Crippen LogP contribution in [0.1, 0.15) is 31.0 Å². The van der Waals surface area contributed by atoms with E-state index in [4.69, 9.17) is 4.42 Å². The van der Waals surface area contributed by atoms with Crippen molar-refractivity contribution in [1.29, 1.82) is 0 Å². The number of rotatable bonds is 5. The minimum Gasteiger partial charge on any atom is -0.467 e. The van der Waals surface area contributed by atoms with E-state index in [0.29, 0.717) is 23.1 Å². The van der Waals surface area contributed by atoms with Crippen LogP contribution in [0.15, 0.2) is 22.8 Å². The molecular weight excluding hydrogens is 296 g/mol. The van der Waals surface area contributed by atoms with Crippen molar-refractivity contribution in [2.45, 2.75) is 40.8 Å². The highest BCUT2D eigenvalue weighted by Crippen LogP contribution is 2.20. The first-order valence-electron chi connectivity index (χ1n) is 7.54. The summed E-state index contributed by atoms with van der Waals surface area (Å²) in [5.74, 6) is -0.403. The lowest BCUT2D eigenvalue weighted by Gasteiger charge is -2.08. The highest BCUT2D eigenvalue weighted by Gasteiger charge is 2.19. The standard InChI is InChI=1S/C16H22N4O3/c1-10(2)9-20-12(4)14(11(3)19-20)18-16(22)15(21)17-8-13-6-5-7-23-13/h5-7,10H,8-9H2,1-4H3,(H,17,21)(H,18,22).